The number of ether oxygens (including phenoxy) is 2. The van der Waals surface area contributed by atoms with Gasteiger partial charge in [-0.05, 0) is 47.4 Å². The summed E-state index contributed by atoms with van der Waals surface area (Å²) in [5, 5.41) is 0. The largest absolute Gasteiger partial charge is 0.467 e. The molecule has 2 atom stereocenters. The Morgan fingerprint density at radius 2 is 1.81 bits per heavy atom. The third-order valence-electron chi connectivity index (χ3n) is 5.03. The minimum atomic E-state index is 0.0211. The number of fused-ring (bicyclic) bond motifs is 2. The second-order valence-corrected chi connectivity index (χ2v) is 7.68. The summed E-state index contributed by atoms with van der Waals surface area (Å²) in [6.07, 6.45) is 2.64. The summed E-state index contributed by atoms with van der Waals surface area (Å²) in [5.41, 5.74) is 3.76. The van der Waals surface area contributed by atoms with Gasteiger partial charge in [0.15, 0.2) is 11.5 Å². The van der Waals surface area contributed by atoms with Crippen molar-refractivity contribution < 1.29 is 13.9 Å². The highest BCUT2D eigenvalue weighted by atomic mass is 79.9. The van der Waals surface area contributed by atoms with Crippen LogP contribution in [0.5, 0.6) is 11.5 Å². The molecule has 2 aliphatic heterocycles. The highest BCUT2D eigenvalue weighted by Crippen LogP contribution is 2.45. The Morgan fingerprint density at radius 3 is 2.58 bits per heavy atom. The Kier molecular flexibility index (Phi) is 3.98. The lowest BCUT2D eigenvalue weighted by Crippen LogP contribution is -2.40. The predicted octanol–water partition coefficient (Wildman–Crippen LogP) is 4.88. The third-order valence-corrected chi connectivity index (χ3v) is 5.88. The van der Waals surface area contributed by atoms with Gasteiger partial charge in [0.1, 0.15) is 5.76 Å². The summed E-state index contributed by atoms with van der Waals surface area (Å²) in [6, 6.07) is 18.8. The molecule has 132 valence electrons. The fourth-order valence-corrected chi connectivity index (χ4v) is 4.55. The second-order valence-electron chi connectivity index (χ2n) is 6.62. The molecule has 0 aliphatic carbocycles. The number of benzene rings is 2. The molecule has 26 heavy (non-hydrogen) atoms. The van der Waals surface area contributed by atoms with Crippen LogP contribution < -0.4 is 9.47 Å². The van der Waals surface area contributed by atoms with Gasteiger partial charge in [-0.3, -0.25) is 4.90 Å². The van der Waals surface area contributed by atoms with Crippen LogP contribution in [0.2, 0.25) is 0 Å². The lowest BCUT2D eigenvalue weighted by Gasteiger charge is -2.40. The average Bonchev–Trinajstić information content (AvgIpc) is 3.33. The van der Waals surface area contributed by atoms with E-state index in [-0.39, 0.29) is 17.8 Å². The molecule has 3 heterocycles. The van der Waals surface area contributed by atoms with Crippen molar-refractivity contribution in [3.05, 3.63) is 83.3 Å². The molecular weight excluding hydrogens is 394 g/mol. The maximum Gasteiger partial charge on any atom is 0.231 e. The Bertz CT molecular complexity index is 911. The van der Waals surface area contributed by atoms with Gasteiger partial charge in [0.05, 0.1) is 17.3 Å². The fourth-order valence-electron chi connectivity index (χ4n) is 3.82. The molecule has 0 radical (unpaired) electrons. The van der Waals surface area contributed by atoms with Crippen LogP contribution in [0.25, 0.3) is 0 Å². The Morgan fingerprint density at radius 1 is 1.00 bits per heavy atom. The van der Waals surface area contributed by atoms with Gasteiger partial charge >= 0.3 is 0 Å². The highest BCUT2D eigenvalue weighted by Gasteiger charge is 2.37. The molecular formula is C21H18BrNO3. The molecule has 0 amide bonds. The quantitative estimate of drug-likeness (QED) is 0.454. The van der Waals surface area contributed by atoms with Crippen molar-refractivity contribution in [1.29, 1.82) is 0 Å². The lowest BCUT2D eigenvalue weighted by molar-refractivity contribution is 0.167. The van der Waals surface area contributed by atoms with Gasteiger partial charge in [0.25, 0.3) is 0 Å². The summed E-state index contributed by atoms with van der Waals surface area (Å²) in [7, 11) is 0. The SMILES string of the molecule is BrC1Cc2cc3c(cc2C(c2ccco2)N1Cc1ccccc1)OCO3. The van der Waals surface area contributed by atoms with Crippen LogP contribution >= 0.6 is 15.9 Å². The molecule has 0 bridgehead atoms. The van der Waals surface area contributed by atoms with Crippen molar-refractivity contribution >= 4 is 15.9 Å². The van der Waals surface area contributed by atoms with E-state index in [1.165, 1.54) is 16.7 Å². The zero-order valence-corrected chi connectivity index (χ0v) is 15.7. The summed E-state index contributed by atoms with van der Waals surface area (Å²) in [5.74, 6) is 2.58. The van der Waals surface area contributed by atoms with Gasteiger partial charge < -0.3 is 13.9 Å². The molecule has 5 rings (SSSR count). The first-order valence-electron chi connectivity index (χ1n) is 8.69. The predicted molar refractivity (Wildman–Crippen MR) is 102 cm³/mol. The number of rotatable bonds is 3. The van der Waals surface area contributed by atoms with Crippen molar-refractivity contribution in [2.75, 3.05) is 6.79 Å². The van der Waals surface area contributed by atoms with E-state index in [9.17, 15) is 0 Å². The van der Waals surface area contributed by atoms with Gasteiger partial charge in [-0.1, -0.05) is 46.3 Å². The molecule has 0 fully saturated rings. The molecule has 2 aromatic carbocycles. The van der Waals surface area contributed by atoms with Crippen LogP contribution in [-0.4, -0.2) is 16.6 Å². The minimum absolute atomic E-state index is 0.0211. The van der Waals surface area contributed by atoms with Crippen LogP contribution in [0.3, 0.4) is 0 Å². The average molecular weight is 412 g/mol. The van der Waals surface area contributed by atoms with Gasteiger partial charge in [-0.2, -0.15) is 0 Å². The van der Waals surface area contributed by atoms with Crippen LogP contribution in [0.1, 0.15) is 28.5 Å². The molecule has 3 aromatic rings. The van der Waals surface area contributed by atoms with Gasteiger partial charge in [-0.15, -0.1) is 0 Å². The Balaban J connectivity index is 1.61. The summed E-state index contributed by atoms with van der Waals surface area (Å²) >= 11 is 3.90. The standard InChI is InChI=1S/C21H18BrNO3/c22-20-10-15-9-18-19(26-13-25-18)11-16(15)21(17-7-4-8-24-17)23(20)12-14-5-2-1-3-6-14/h1-9,11,20-21H,10,12-13H2. The maximum atomic E-state index is 5.83. The topological polar surface area (TPSA) is 34.8 Å². The zero-order valence-electron chi connectivity index (χ0n) is 14.1. The van der Waals surface area contributed by atoms with E-state index >= 15 is 0 Å². The Labute approximate surface area is 160 Å². The van der Waals surface area contributed by atoms with Crippen LogP contribution in [-0.2, 0) is 13.0 Å². The summed E-state index contributed by atoms with van der Waals surface area (Å²) in [6.45, 7) is 1.12. The molecule has 5 heteroatoms. The molecule has 1 aromatic heterocycles. The van der Waals surface area contributed by atoms with Crippen molar-refractivity contribution in [3.8, 4) is 11.5 Å². The number of nitrogens with zero attached hydrogens (tertiary/aromatic N) is 1. The normalized spacial score (nSPS) is 21.6. The van der Waals surface area contributed by atoms with Crippen LogP contribution in [0, 0.1) is 0 Å². The van der Waals surface area contributed by atoms with Crippen molar-refractivity contribution in [3.63, 3.8) is 0 Å². The first kappa shape index (κ1) is 16.0. The second kappa shape index (κ2) is 6.49. The lowest BCUT2D eigenvalue weighted by atomic mass is 9.90. The molecule has 2 aliphatic rings. The van der Waals surface area contributed by atoms with Crippen LogP contribution in [0.15, 0.2) is 65.3 Å². The number of hydrogen-bond donors (Lipinski definition) is 0. The third kappa shape index (κ3) is 2.72. The van der Waals surface area contributed by atoms with E-state index < -0.39 is 0 Å². The first-order valence-corrected chi connectivity index (χ1v) is 9.61. The van der Waals surface area contributed by atoms with Gasteiger partial charge in [-0.25, -0.2) is 0 Å². The molecule has 4 nitrogen and oxygen atoms in total. The Hall–Kier alpha value is -2.24. The summed E-state index contributed by atoms with van der Waals surface area (Å²) < 4.78 is 17.0. The van der Waals surface area contributed by atoms with E-state index in [4.69, 9.17) is 13.9 Å². The molecule has 2 unspecified atom stereocenters. The van der Waals surface area contributed by atoms with Crippen molar-refractivity contribution in [2.24, 2.45) is 0 Å². The number of furan rings is 1. The molecule has 0 saturated heterocycles. The highest BCUT2D eigenvalue weighted by molar-refractivity contribution is 9.09. The number of hydrogen-bond acceptors (Lipinski definition) is 4. The van der Waals surface area contributed by atoms with Gasteiger partial charge in [0, 0.05) is 6.54 Å². The van der Waals surface area contributed by atoms with E-state index in [2.05, 4.69) is 57.2 Å². The van der Waals surface area contributed by atoms with E-state index in [0.717, 1.165) is 30.2 Å². The number of halogens is 1. The van der Waals surface area contributed by atoms with Gasteiger partial charge in [0.2, 0.25) is 6.79 Å². The van der Waals surface area contributed by atoms with E-state index in [0.29, 0.717) is 0 Å². The molecule has 0 saturated carbocycles. The fraction of sp³-hybridized carbons (Fsp3) is 0.238. The van der Waals surface area contributed by atoms with Crippen molar-refractivity contribution in [2.45, 2.75) is 24.0 Å². The zero-order chi connectivity index (χ0) is 17.5. The van der Waals surface area contributed by atoms with Crippen molar-refractivity contribution in [1.82, 2.24) is 4.90 Å². The maximum absolute atomic E-state index is 5.83. The minimum Gasteiger partial charge on any atom is -0.467 e. The van der Waals surface area contributed by atoms with Crippen LogP contribution in [0.4, 0.5) is 0 Å². The first-order chi connectivity index (χ1) is 12.8. The molecule has 0 spiro atoms. The molecule has 0 N–H and O–H groups in total. The van der Waals surface area contributed by atoms with E-state index in [1.54, 1.807) is 6.26 Å². The monoisotopic (exact) mass is 411 g/mol. The number of alkyl halides is 1. The van der Waals surface area contributed by atoms with E-state index in [1.807, 2.05) is 18.2 Å². The smallest absolute Gasteiger partial charge is 0.231 e. The summed E-state index contributed by atoms with van der Waals surface area (Å²) in [4.78, 5) is 2.63.